The SMILES string of the molecule is CNC(=O)c1ccc(CCS(=O)(=O)N2CCC3(CC2)N=C(c2cc(C(F)(F)F)ccc2Cl)NC3=O)c(C)c1. The van der Waals surface area contributed by atoms with Gasteiger partial charge < -0.3 is 10.6 Å². The number of aliphatic imine (C=N–C) groups is 1. The second kappa shape index (κ2) is 10.3. The van der Waals surface area contributed by atoms with Crippen LogP contribution in [0.1, 0.15) is 45.5 Å². The Bertz CT molecular complexity index is 1420. The van der Waals surface area contributed by atoms with Crippen LogP contribution in [0.4, 0.5) is 13.2 Å². The van der Waals surface area contributed by atoms with Gasteiger partial charge in [-0.3, -0.25) is 14.6 Å². The number of carbonyl (C=O) groups excluding carboxylic acids is 2. The minimum absolute atomic E-state index is 0.00719. The molecule has 2 amide bonds. The highest BCUT2D eigenvalue weighted by Crippen LogP contribution is 2.35. The molecule has 2 heterocycles. The van der Waals surface area contributed by atoms with E-state index in [2.05, 4.69) is 15.6 Å². The van der Waals surface area contributed by atoms with Crippen LogP contribution in [0, 0.1) is 6.92 Å². The average molecular weight is 571 g/mol. The third kappa shape index (κ3) is 5.57. The van der Waals surface area contributed by atoms with Crippen LogP contribution >= 0.6 is 11.6 Å². The van der Waals surface area contributed by atoms with Crippen molar-refractivity contribution >= 4 is 39.3 Å². The molecule has 1 spiro atoms. The molecule has 2 aliphatic heterocycles. The molecule has 2 N–H and O–H groups in total. The number of sulfonamides is 1. The fraction of sp³-hybridized carbons (Fsp3) is 0.400. The first-order valence-corrected chi connectivity index (χ1v) is 13.8. The van der Waals surface area contributed by atoms with E-state index in [1.54, 1.807) is 18.2 Å². The number of rotatable bonds is 6. The summed E-state index contributed by atoms with van der Waals surface area (Å²) in [6.07, 6.45) is -4.18. The number of hydrogen-bond acceptors (Lipinski definition) is 5. The summed E-state index contributed by atoms with van der Waals surface area (Å²) in [5.74, 6) is -0.935. The molecule has 0 radical (unpaired) electrons. The lowest BCUT2D eigenvalue weighted by molar-refractivity contribution is -0.137. The van der Waals surface area contributed by atoms with Gasteiger partial charge in [-0.25, -0.2) is 12.7 Å². The maximum Gasteiger partial charge on any atom is 0.416 e. The molecule has 0 aliphatic carbocycles. The molecule has 2 aromatic rings. The molecule has 0 unspecified atom stereocenters. The van der Waals surface area contributed by atoms with E-state index in [4.69, 9.17) is 11.6 Å². The summed E-state index contributed by atoms with van der Waals surface area (Å²) in [6.45, 7) is 1.89. The first-order chi connectivity index (χ1) is 17.8. The fourth-order valence-corrected chi connectivity index (χ4v) is 6.31. The minimum Gasteiger partial charge on any atom is -0.355 e. The zero-order valence-corrected chi connectivity index (χ0v) is 22.2. The number of nitrogens with zero attached hydrogens (tertiary/aromatic N) is 2. The summed E-state index contributed by atoms with van der Waals surface area (Å²) >= 11 is 6.11. The average Bonchev–Trinajstić information content (AvgIpc) is 3.17. The number of amidine groups is 1. The van der Waals surface area contributed by atoms with E-state index in [0.717, 1.165) is 29.3 Å². The van der Waals surface area contributed by atoms with E-state index in [-0.39, 0.29) is 60.4 Å². The number of aryl methyl sites for hydroxylation is 2. The molecular weight excluding hydrogens is 545 g/mol. The first-order valence-electron chi connectivity index (χ1n) is 11.8. The highest BCUT2D eigenvalue weighted by Gasteiger charge is 2.48. The highest BCUT2D eigenvalue weighted by atomic mass is 35.5. The number of benzene rings is 2. The van der Waals surface area contributed by atoms with Crippen LogP contribution in [0.3, 0.4) is 0 Å². The van der Waals surface area contributed by atoms with Crippen LogP contribution < -0.4 is 10.6 Å². The van der Waals surface area contributed by atoms with Gasteiger partial charge in [0.25, 0.3) is 11.8 Å². The molecule has 38 heavy (non-hydrogen) atoms. The number of hydrogen-bond donors (Lipinski definition) is 2. The van der Waals surface area contributed by atoms with Crippen molar-refractivity contribution in [2.24, 2.45) is 4.99 Å². The van der Waals surface area contributed by atoms with Crippen molar-refractivity contribution in [2.75, 3.05) is 25.9 Å². The van der Waals surface area contributed by atoms with Gasteiger partial charge in [-0.2, -0.15) is 13.2 Å². The van der Waals surface area contributed by atoms with E-state index in [9.17, 15) is 31.2 Å². The predicted molar refractivity (Wildman–Crippen MR) is 137 cm³/mol. The van der Waals surface area contributed by atoms with Crippen molar-refractivity contribution < 1.29 is 31.2 Å². The van der Waals surface area contributed by atoms with Crippen LogP contribution in [-0.2, 0) is 27.4 Å². The Morgan fingerprint density at radius 1 is 1.18 bits per heavy atom. The molecule has 0 aromatic heterocycles. The van der Waals surface area contributed by atoms with Gasteiger partial charge in [0.1, 0.15) is 11.4 Å². The Labute approximate surface area is 223 Å². The van der Waals surface area contributed by atoms with Gasteiger partial charge in [0.2, 0.25) is 10.0 Å². The van der Waals surface area contributed by atoms with Crippen molar-refractivity contribution in [2.45, 2.75) is 37.9 Å². The number of halogens is 4. The van der Waals surface area contributed by atoms with E-state index in [0.29, 0.717) is 5.56 Å². The van der Waals surface area contributed by atoms with Gasteiger partial charge in [0, 0.05) is 31.3 Å². The second-order valence-corrected chi connectivity index (χ2v) is 11.8. The Morgan fingerprint density at radius 2 is 1.87 bits per heavy atom. The van der Waals surface area contributed by atoms with Gasteiger partial charge in [0.15, 0.2) is 0 Å². The van der Waals surface area contributed by atoms with Crippen LogP contribution in [0.25, 0.3) is 0 Å². The molecule has 0 saturated carbocycles. The quantitative estimate of drug-likeness (QED) is 0.555. The lowest BCUT2D eigenvalue weighted by atomic mass is 9.89. The molecule has 1 saturated heterocycles. The molecule has 8 nitrogen and oxygen atoms in total. The minimum atomic E-state index is -4.59. The Morgan fingerprint density at radius 3 is 2.47 bits per heavy atom. The molecule has 204 valence electrons. The largest absolute Gasteiger partial charge is 0.416 e. The zero-order chi connectivity index (χ0) is 27.9. The Balaban J connectivity index is 1.45. The lowest BCUT2D eigenvalue weighted by Crippen LogP contribution is -2.50. The van der Waals surface area contributed by atoms with E-state index in [1.807, 2.05) is 6.92 Å². The molecule has 13 heteroatoms. The van der Waals surface area contributed by atoms with Gasteiger partial charge in [-0.15, -0.1) is 0 Å². The van der Waals surface area contributed by atoms with Crippen LogP contribution in [0.2, 0.25) is 5.02 Å². The molecule has 2 aromatic carbocycles. The van der Waals surface area contributed by atoms with Crippen molar-refractivity contribution in [1.29, 1.82) is 0 Å². The Hall–Kier alpha value is -2.96. The first kappa shape index (κ1) is 28.1. The lowest BCUT2D eigenvalue weighted by Gasteiger charge is -2.34. The highest BCUT2D eigenvalue weighted by molar-refractivity contribution is 7.89. The predicted octanol–water partition coefficient (Wildman–Crippen LogP) is 3.31. The normalized spacial score (nSPS) is 17.8. The standard InChI is InChI=1S/C25H26ClF3N4O4S/c1-15-13-17(22(34)30-2)4-3-16(15)7-12-38(36,37)33-10-8-24(9-11-33)23(35)31-21(32-24)19-14-18(25(27,28)29)5-6-20(19)26/h3-6,13-14H,7-12H2,1-2H3,(H,30,34)(H,31,32,35). The molecular formula is C25H26ClF3N4O4S. The van der Waals surface area contributed by atoms with Crippen molar-refractivity contribution in [3.63, 3.8) is 0 Å². The Kier molecular flexibility index (Phi) is 7.61. The third-order valence-corrected chi connectivity index (χ3v) is 9.13. The summed E-state index contributed by atoms with van der Waals surface area (Å²) in [5.41, 5.74) is -0.146. The summed E-state index contributed by atoms with van der Waals surface area (Å²) in [6, 6.07) is 7.87. The van der Waals surface area contributed by atoms with E-state index < -0.39 is 33.2 Å². The summed E-state index contributed by atoms with van der Waals surface area (Å²) < 4.78 is 66.9. The van der Waals surface area contributed by atoms with Gasteiger partial charge in [0.05, 0.1) is 16.3 Å². The van der Waals surface area contributed by atoms with Crippen LogP contribution in [0.5, 0.6) is 0 Å². The van der Waals surface area contributed by atoms with Crippen LogP contribution in [-0.4, -0.2) is 61.8 Å². The number of carbonyl (C=O) groups is 2. The maximum atomic E-state index is 13.2. The fourth-order valence-electron chi connectivity index (χ4n) is 4.63. The smallest absolute Gasteiger partial charge is 0.355 e. The van der Waals surface area contributed by atoms with E-state index >= 15 is 0 Å². The van der Waals surface area contributed by atoms with Crippen molar-refractivity contribution in [3.8, 4) is 0 Å². The van der Waals surface area contributed by atoms with Gasteiger partial charge >= 0.3 is 6.18 Å². The number of amides is 2. The van der Waals surface area contributed by atoms with Crippen molar-refractivity contribution in [1.82, 2.24) is 14.9 Å². The van der Waals surface area contributed by atoms with Gasteiger partial charge in [-0.05, 0) is 67.6 Å². The maximum absolute atomic E-state index is 13.2. The van der Waals surface area contributed by atoms with E-state index in [1.165, 1.54) is 11.4 Å². The summed E-state index contributed by atoms with van der Waals surface area (Å²) in [5, 5.41) is 5.09. The molecule has 0 atom stereocenters. The van der Waals surface area contributed by atoms with Crippen molar-refractivity contribution in [3.05, 3.63) is 69.2 Å². The van der Waals surface area contributed by atoms with Gasteiger partial charge in [-0.1, -0.05) is 17.7 Å². The molecule has 2 aliphatic rings. The number of alkyl halides is 3. The number of nitrogens with one attached hydrogen (secondary N) is 2. The summed E-state index contributed by atoms with van der Waals surface area (Å²) in [4.78, 5) is 29.1. The monoisotopic (exact) mass is 570 g/mol. The van der Waals surface area contributed by atoms with Crippen LogP contribution in [0.15, 0.2) is 41.4 Å². The molecule has 1 fully saturated rings. The third-order valence-electron chi connectivity index (χ3n) is 6.93. The number of piperidine rings is 1. The zero-order valence-electron chi connectivity index (χ0n) is 20.7. The molecule has 4 rings (SSSR count). The molecule has 0 bridgehead atoms. The topological polar surface area (TPSA) is 108 Å². The summed E-state index contributed by atoms with van der Waals surface area (Å²) in [7, 11) is -2.13. The second-order valence-electron chi connectivity index (χ2n) is 9.32.